The molecule has 254 valence electrons. The second-order valence-electron chi connectivity index (χ2n) is 13.2. The molecule has 0 spiro atoms. The molecule has 3 heteroatoms. The fraction of sp³-hybridized carbons (Fsp3) is 0. The Balaban J connectivity index is 1.28. The molecule has 6 aromatic carbocycles. The highest BCUT2D eigenvalue weighted by atomic mass is 14.8. The minimum absolute atomic E-state index is 0.806. The molecule has 0 bridgehead atoms. The molecule has 3 aromatic heterocycles. The number of aromatic nitrogens is 3. The van der Waals surface area contributed by atoms with Crippen molar-refractivity contribution in [1.82, 2.24) is 15.0 Å². The molecule has 0 aliphatic rings. The Morgan fingerprint density at radius 3 is 1.04 bits per heavy atom. The van der Waals surface area contributed by atoms with E-state index in [1.807, 2.05) is 36.4 Å². The first-order valence-corrected chi connectivity index (χ1v) is 18.2. The topological polar surface area (TPSA) is 38.7 Å². The Kier molecular flexibility index (Phi) is 8.94. The summed E-state index contributed by atoms with van der Waals surface area (Å²) in [5.74, 6) is 0. The maximum atomic E-state index is 4.99. The maximum Gasteiger partial charge on any atom is 0.0900 e. The van der Waals surface area contributed by atoms with Gasteiger partial charge in [-0.2, -0.15) is 0 Å². The molecule has 0 saturated carbocycles. The van der Waals surface area contributed by atoms with Crippen LogP contribution in [0.4, 0.5) is 0 Å². The van der Waals surface area contributed by atoms with Gasteiger partial charge in [-0.05, 0) is 109 Å². The Morgan fingerprint density at radius 1 is 0.241 bits per heavy atom. The third-order valence-electron chi connectivity index (χ3n) is 9.81. The van der Waals surface area contributed by atoms with Gasteiger partial charge in [-0.1, -0.05) is 158 Å². The highest BCUT2D eigenvalue weighted by molar-refractivity contribution is 6.07. The van der Waals surface area contributed by atoms with Crippen molar-refractivity contribution in [1.29, 1.82) is 0 Å². The van der Waals surface area contributed by atoms with Gasteiger partial charge >= 0.3 is 0 Å². The molecule has 54 heavy (non-hydrogen) atoms. The lowest BCUT2D eigenvalue weighted by atomic mass is 9.79. The van der Waals surface area contributed by atoms with E-state index in [1.54, 1.807) is 12.4 Å². The van der Waals surface area contributed by atoms with E-state index in [2.05, 4.69) is 174 Å². The molecular formula is C51H35N3. The predicted molar refractivity (Wildman–Crippen MR) is 223 cm³/mol. The fourth-order valence-electron chi connectivity index (χ4n) is 7.29. The average molecular weight is 690 g/mol. The summed E-state index contributed by atoms with van der Waals surface area (Å²) in [6.45, 7) is 0. The van der Waals surface area contributed by atoms with Crippen LogP contribution in [-0.4, -0.2) is 15.0 Å². The first kappa shape index (κ1) is 32.7. The van der Waals surface area contributed by atoms with Crippen LogP contribution in [0.3, 0.4) is 0 Å². The van der Waals surface area contributed by atoms with Crippen LogP contribution >= 0.6 is 0 Å². The van der Waals surface area contributed by atoms with Gasteiger partial charge in [0.15, 0.2) is 0 Å². The molecule has 0 fully saturated rings. The third-order valence-corrected chi connectivity index (χ3v) is 9.81. The lowest BCUT2D eigenvalue weighted by molar-refractivity contribution is 1.22. The summed E-state index contributed by atoms with van der Waals surface area (Å²) in [5, 5.41) is 0. The van der Waals surface area contributed by atoms with E-state index in [0.29, 0.717) is 0 Å². The number of rotatable bonds is 8. The van der Waals surface area contributed by atoms with Crippen molar-refractivity contribution >= 4 is 0 Å². The molecule has 0 amide bonds. The number of nitrogens with zero attached hydrogens (tertiary/aromatic N) is 3. The highest BCUT2D eigenvalue weighted by Crippen LogP contribution is 2.50. The molecular weight excluding hydrogens is 655 g/mol. The summed E-state index contributed by atoms with van der Waals surface area (Å²) in [4.78, 5) is 14.2. The standard InChI is InChI=1S/C51H35N3/c1-5-17-37(18-6-1)43-35-44(50(40-21-9-3-10-22-40)51(41-23-11-4-12-24-41)49(43)39-19-7-2-8-20-39)38-29-27-36(28-30-38)42-33-47(45-25-13-15-31-52-45)54-48(34-42)46-26-14-16-32-53-46/h1-35H. The van der Waals surface area contributed by atoms with E-state index < -0.39 is 0 Å². The van der Waals surface area contributed by atoms with Gasteiger partial charge in [-0.15, -0.1) is 0 Å². The summed E-state index contributed by atoms with van der Waals surface area (Å²) in [6.07, 6.45) is 3.61. The molecule has 0 saturated heterocycles. The zero-order valence-corrected chi connectivity index (χ0v) is 29.5. The van der Waals surface area contributed by atoms with E-state index in [0.717, 1.165) is 39.5 Å². The van der Waals surface area contributed by atoms with Crippen molar-refractivity contribution in [3.8, 4) is 89.5 Å². The second-order valence-corrected chi connectivity index (χ2v) is 13.2. The smallest absolute Gasteiger partial charge is 0.0900 e. The predicted octanol–water partition coefficient (Wildman–Crippen LogP) is 13.2. The molecule has 9 aromatic rings. The summed E-state index contributed by atoms with van der Waals surface area (Å²) in [6, 6.07) is 70.6. The van der Waals surface area contributed by atoms with Crippen molar-refractivity contribution in [2.45, 2.75) is 0 Å². The summed E-state index contributed by atoms with van der Waals surface area (Å²) < 4.78 is 0. The van der Waals surface area contributed by atoms with Crippen molar-refractivity contribution in [3.05, 3.63) is 213 Å². The summed E-state index contributed by atoms with van der Waals surface area (Å²) >= 11 is 0. The molecule has 3 nitrogen and oxygen atoms in total. The highest BCUT2D eigenvalue weighted by Gasteiger charge is 2.23. The van der Waals surface area contributed by atoms with Crippen LogP contribution in [0.5, 0.6) is 0 Å². The Bertz CT molecular complexity index is 2590. The van der Waals surface area contributed by atoms with Gasteiger partial charge in [-0.25, -0.2) is 4.98 Å². The first-order chi connectivity index (χ1) is 26.8. The SMILES string of the molecule is c1ccc(-c2cc(-c3ccc(-c4cc(-c5ccccn5)nc(-c5ccccn5)c4)cc3)c(-c3ccccc3)c(-c3ccccc3)c2-c2ccccc2)cc1. The monoisotopic (exact) mass is 689 g/mol. The molecule has 9 rings (SSSR count). The number of hydrogen-bond acceptors (Lipinski definition) is 3. The largest absolute Gasteiger partial charge is 0.255 e. The third kappa shape index (κ3) is 6.51. The Labute approximate surface area is 316 Å². The minimum atomic E-state index is 0.806. The van der Waals surface area contributed by atoms with E-state index in [1.165, 1.54) is 50.1 Å². The van der Waals surface area contributed by atoms with Crippen LogP contribution in [0.2, 0.25) is 0 Å². The fourth-order valence-corrected chi connectivity index (χ4v) is 7.29. The lowest BCUT2D eigenvalue weighted by Gasteiger charge is -2.24. The van der Waals surface area contributed by atoms with Gasteiger partial charge in [-0.3, -0.25) is 9.97 Å². The van der Waals surface area contributed by atoms with E-state index in [9.17, 15) is 0 Å². The summed E-state index contributed by atoms with van der Waals surface area (Å²) in [5.41, 5.74) is 17.2. The minimum Gasteiger partial charge on any atom is -0.255 e. The van der Waals surface area contributed by atoms with Gasteiger partial charge < -0.3 is 0 Å². The van der Waals surface area contributed by atoms with Crippen LogP contribution in [0, 0.1) is 0 Å². The van der Waals surface area contributed by atoms with Gasteiger partial charge in [0.05, 0.1) is 22.8 Å². The van der Waals surface area contributed by atoms with Crippen molar-refractivity contribution in [2.24, 2.45) is 0 Å². The maximum absolute atomic E-state index is 4.99. The molecule has 3 heterocycles. The van der Waals surface area contributed by atoms with Crippen LogP contribution < -0.4 is 0 Å². The molecule has 0 radical (unpaired) electrons. The Morgan fingerprint density at radius 2 is 0.611 bits per heavy atom. The lowest BCUT2D eigenvalue weighted by Crippen LogP contribution is -1.98. The van der Waals surface area contributed by atoms with Crippen molar-refractivity contribution in [2.75, 3.05) is 0 Å². The van der Waals surface area contributed by atoms with Crippen LogP contribution in [-0.2, 0) is 0 Å². The van der Waals surface area contributed by atoms with Gasteiger partial charge in [0, 0.05) is 12.4 Å². The average Bonchev–Trinajstić information content (AvgIpc) is 3.27. The molecule has 0 unspecified atom stereocenters. The van der Waals surface area contributed by atoms with Gasteiger partial charge in [0.2, 0.25) is 0 Å². The zero-order chi connectivity index (χ0) is 36.1. The van der Waals surface area contributed by atoms with Crippen molar-refractivity contribution in [3.63, 3.8) is 0 Å². The normalized spacial score (nSPS) is 11.0. The summed E-state index contributed by atoms with van der Waals surface area (Å²) in [7, 11) is 0. The zero-order valence-electron chi connectivity index (χ0n) is 29.5. The molecule has 0 N–H and O–H groups in total. The first-order valence-electron chi connectivity index (χ1n) is 18.2. The van der Waals surface area contributed by atoms with Crippen LogP contribution in [0.1, 0.15) is 0 Å². The van der Waals surface area contributed by atoms with Gasteiger partial charge in [0.25, 0.3) is 0 Å². The van der Waals surface area contributed by atoms with E-state index in [-0.39, 0.29) is 0 Å². The van der Waals surface area contributed by atoms with E-state index >= 15 is 0 Å². The van der Waals surface area contributed by atoms with Crippen molar-refractivity contribution < 1.29 is 0 Å². The number of pyridine rings is 3. The van der Waals surface area contributed by atoms with Gasteiger partial charge in [0.1, 0.15) is 0 Å². The molecule has 0 atom stereocenters. The molecule has 0 aliphatic heterocycles. The van der Waals surface area contributed by atoms with E-state index in [4.69, 9.17) is 4.98 Å². The number of benzene rings is 6. The van der Waals surface area contributed by atoms with Crippen LogP contribution in [0.15, 0.2) is 213 Å². The molecule has 0 aliphatic carbocycles. The second kappa shape index (κ2) is 14.8. The van der Waals surface area contributed by atoms with Crippen LogP contribution in [0.25, 0.3) is 89.5 Å². The Hall–Kier alpha value is -7.23. The quantitative estimate of drug-likeness (QED) is 0.159. The number of hydrogen-bond donors (Lipinski definition) is 0.